The predicted octanol–water partition coefficient (Wildman–Crippen LogP) is 1.94. The maximum Gasteiger partial charge on any atom is 0.226 e. The molecule has 22 heavy (non-hydrogen) atoms. The largest absolute Gasteiger partial charge is 0.493 e. The Morgan fingerprint density at radius 2 is 2.09 bits per heavy atom. The first kappa shape index (κ1) is 14.1. The Kier molecular flexibility index (Phi) is 3.37. The van der Waals surface area contributed by atoms with E-state index in [1.54, 1.807) is 0 Å². The Labute approximate surface area is 131 Å². The minimum absolute atomic E-state index is 0.0613. The van der Waals surface area contributed by atoms with Gasteiger partial charge in [-0.25, -0.2) is 0 Å². The van der Waals surface area contributed by atoms with Gasteiger partial charge in [0.2, 0.25) is 5.91 Å². The van der Waals surface area contributed by atoms with Gasteiger partial charge in [-0.1, -0.05) is 18.2 Å². The highest BCUT2D eigenvalue weighted by Gasteiger charge is 2.61. The molecule has 4 rings (SSSR count). The summed E-state index contributed by atoms with van der Waals surface area (Å²) >= 11 is 0. The molecule has 1 amide bonds. The Morgan fingerprint density at radius 1 is 1.32 bits per heavy atom. The summed E-state index contributed by atoms with van der Waals surface area (Å²) in [7, 11) is 2.01. The molecular weight excluding hydrogens is 276 g/mol. The van der Waals surface area contributed by atoms with Crippen molar-refractivity contribution in [2.24, 2.45) is 5.92 Å². The van der Waals surface area contributed by atoms with Crippen LogP contribution in [0.3, 0.4) is 0 Å². The molecule has 4 nitrogen and oxygen atoms in total. The quantitative estimate of drug-likeness (QED) is 0.907. The van der Waals surface area contributed by atoms with E-state index in [2.05, 4.69) is 22.3 Å². The standard InChI is InChI=1S/C18H24N2O2/c1-19-13-6-9-20(10-7-13)17(21)15-12-18(15)8-11-22-16-5-3-2-4-14(16)18/h2-5,13,15,19H,6-12H2,1H3/t15-,18-/m0/s1. The molecule has 118 valence electrons. The summed E-state index contributed by atoms with van der Waals surface area (Å²) in [6.45, 7) is 2.53. The number of para-hydroxylation sites is 1. The topological polar surface area (TPSA) is 41.6 Å². The average molecular weight is 300 g/mol. The summed E-state index contributed by atoms with van der Waals surface area (Å²) in [6, 6.07) is 8.83. The van der Waals surface area contributed by atoms with E-state index in [4.69, 9.17) is 4.74 Å². The minimum Gasteiger partial charge on any atom is -0.493 e. The highest BCUT2D eigenvalue weighted by molar-refractivity contribution is 5.85. The minimum atomic E-state index is 0.0613. The Balaban J connectivity index is 1.49. The lowest BCUT2D eigenvalue weighted by molar-refractivity contribution is -0.134. The summed E-state index contributed by atoms with van der Waals surface area (Å²) in [6.07, 6.45) is 4.12. The van der Waals surface area contributed by atoms with E-state index < -0.39 is 0 Å². The van der Waals surface area contributed by atoms with Crippen molar-refractivity contribution in [2.75, 3.05) is 26.7 Å². The van der Waals surface area contributed by atoms with Crippen molar-refractivity contribution in [3.05, 3.63) is 29.8 Å². The normalized spacial score (nSPS) is 30.8. The molecule has 1 aliphatic carbocycles. The summed E-state index contributed by atoms with van der Waals surface area (Å²) in [5.41, 5.74) is 1.32. The van der Waals surface area contributed by atoms with Gasteiger partial charge in [-0.3, -0.25) is 4.79 Å². The molecule has 0 radical (unpaired) electrons. The molecule has 1 saturated heterocycles. The zero-order valence-electron chi connectivity index (χ0n) is 13.2. The smallest absolute Gasteiger partial charge is 0.226 e. The number of likely N-dealkylation sites (tertiary alicyclic amines) is 1. The predicted molar refractivity (Wildman–Crippen MR) is 85.0 cm³/mol. The first-order valence-corrected chi connectivity index (χ1v) is 8.43. The lowest BCUT2D eigenvalue weighted by Crippen LogP contribution is -2.45. The summed E-state index contributed by atoms with van der Waals surface area (Å²) in [5.74, 6) is 1.52. The number of hydrogen-bond donors (Lipinski definition) is 1. The molecule has 1 spiro atoms. The van der Waals surface area contributed by atoms with Gasteiger partial charge in [-0.15, -0.1) is 0 Å². The van der Waals surface area contributed by atoms with E-state index >= 15 is 0 Å². The van der Waals surface area contributed by atoms with Crippen LogP contribution in [0.4, 0.5) is 0 Å². The van der Waals surface area contributed by atoms with Crippen LogP contribution in [0.2, 0.25) is 0 Å². The number of ether oxygens (including phenoxy) is 1. The number of carbonyl (C=O) groups is 1. The number of rotatable bonds is 2. The SMILES string of the molecule is CNC1CCN(C(=O)[C@@H]2C[C@]23CCOc2ccccc23)CC1. The van der Waals surface area contributed by atoms with Crippen LogP contribution in [0.15, 0.2) is 24.3 Å². The molecular formula is C18H24N2O2. The maximum absolute atomic E-state index is 12.9. The molecule has 1 N–H and O–H groups in total. The van der Waals surface area contributed by atoms with E-state index in [9.17, 15) is 4.79 Å². The Morgan fingerprint density at radius 3 is 2.86 bits per heavy atom. The fraction of sp³-hybridized carbons (Fsp3) is 0.611. The lowest BCUT2D eigenvalue weighted by atomic mass is 9.87. The van der Waals surface area contributed by atoms with Gasteiger partial charge in [0.15, 0.2) is 0 Å². The third-order valence-corrected chi connectivity index (χ3v) is 5.82. The van der Waals surface area contributed by atoms with Crippen molar-refractivity contribution in [1.29, 1.82) is 0 Å². The van der Waals surface area contributed by atoms with Crippen molar-refractivity contribution in [3.8, 4) is 5.75 Å². The van der Waals surface area contributed by atoms with Crippen molar-refractivity contribution >= 4 is 5.91 Å². The summed E-state index contributed by atoms with van der Waals surface area (Å²) in [4.78, 5) is 15.0. The molecule has 0 bridgehead atoms. The van der Waals surface area contributed by atoms with Gasteiger partial charge in [0, 0.05) is 36.0 Å². The Bertz CT molecular complexity index is 580. The molecule has 2 heterocycles. The van der Waals surface area contributed by atoms with E-state index in [0.29, 0.717) is 11.9 Å². The fourth-order valence-corrected chi connectivity index (χ4v) is 4.29. The summed E-state index contributed by atoms with van der Waals surface area (Å²) in [5, 5.41) is 3.32. The van der Waals surface area contributed by atoms with Crippen LogP contribution in [0, 0.1) is 5.92 Å². The van der Waals surface area contributed by atoms with Gasteiger partial charge < -0.3 is 15.0 Å². The van der Waals surface area contributed by atoms with Gasteiger partial charge in [0.05, 0.1) is 6.61 Å². The van der Waals surface area contributed by atoms with Crippen LogP contribution in [0.5, 0.6) is 5.75 Å². The van der Waals surface area contributed by atoms with E-state index in [1.165, 1.54) is 5.56 Å². The number of nitrogens with one attached hydrogen (secondary N) is 1. The zero-order valence-corrected chi connectivity index (χ0v) is 13.2. The molecule has 0 unspecified atom stereocenters. The third kappa shape index (κ3) is 2.12. The Hall–Kier alpha value is -1.55. The average Bonchev–Trinajstić information content (AvgIpc) is 3.29. The van der Waals surface area contributed by atoms with Crippen molar-refractivity contribution < 1.29 is 9.53 Å². The molecule has 1 aromatic carbocycles. The van der Waals surface area contributed by atoms with Crippen LogP contribution in [-0.4, -0.2) is 43.6 Å². The second-order valence-corrected chi connectivity index (χ2v) is 6.90. The van der Waals surface area contributed by atoms with E-state index in [0.717, 1.165) is 51.1 Å². The molecule has 3 aliphatic rings. The van der Waals surface area contributed by atoms with Crippen LogP contribution >= 0.6 is 0 Å². The zero-order chi connectivity index (χ0) is 15.2. The number of piperidine rings is 1. The second kappa shape index (κ2) is 5.27. The fourth-order valence-electron chi connectivity index (χ4n) is 4.29. The van der Waals surface area contributed by atoms with Crippen LogP contribution in [-0.2, 0) is 10.2 Å². The van der Waals surface area contributed by atoms with Gasteiger partial charge in [-0.05, 0) is 38.8 Å². The second-order valence-electron chi connectivity index (χ2n) is 6.90. The van der Waals surface area contributed by atoms with E-state index in [-0.39, 0.29) is 11.3 Å². The van der Waals surface area contributed by atoms with Gasteiger partial charge in [0.1, 0.15) is 5.75 Å². The number of carbonyl (C=O) groups excluding carboxylic acids is 1. The number of nitrogens with zero attached hydrogens (tertiary/aromatic N) is 1. The van der Waals surface area contributed by atoms with E-state index in [1.807, 2.05) is 19.2 Å². The number of benzene rings is 1. The van der Waals surface area contributed by atoms with Crippen LogP contribution in [0.25, 0.3) is 0 Å². The molecule has 1 saturated carbocycles. The summed E-state index contributed by atoms with van der Waals surface area (Å²) < 4.78 is 5.77. The monoisotopic (exact) mass is 300 g/mol. The van der Waals surface area contributed by atoms with Crippen molar-refractivity contribution in [2.45, 2.75) is 37.1 Å². The molecule has 2 atom stereocenters. The molecule has 2 fully saturated rings. The molecule has 1 aromatic rings. The van der Waals surface area contributed by atoms with Gasteiger partial charge in [-0.2, -0.15) is 0 Å². The highest BCUT2D eigenvalue weighted by atomic mass is 16.5. The first-order valence-electron chi connectivity index (χ1n) is 8.43. The maximum atomic E-state index is 12.9. The van der Waals surface area contributed by atoms with Crippen LogP contribution in [0.1, 0.15) is 31.2 Å². The van der Waals surface area contributed by atoms with Gasteiger partial charge >= 0.3 is 0 Å². The first-order chi connectivity index (χ1) is 10.7. The highest BCUT2D eigenvalue weighted by Crippen LogP contribution is 2.61. The lowest BCUT2D eigenvalue weighted by Gasteiger charge is -2.33. The van der Waals surface area contributed by atoms with Gasteiger partial charge in [0.25, 0.3) is 0 Å². The number of amides is 1. The molecule has 2 aliphatic heterocycles. The molecule has 0 aromatic heterocycles. The number of hydrogen-bond acceptors (Lipinski definition) is 3. The molecule has 4 heteroatoms. The third-order valence-electron chi connectivity index (χ3n) is 5.82. The number of fused-ring (bicyclic) bond motifs is 2. The van der Waals surface area contributed by atoms with Crippen molar-refractivity contribution in [1.82, 2.24) is 10.2 Å². The van der Waals surface area contributed by atoms with Crippen molar-refractivity contribution in [3.63, 3.8) is 0 Å². The van der Waals surface area contributed by atoms with Crippen LogP contribution < -0.4 is 10.1 Å².